The van der Waals surface area contributed by atoms with Crippen molar-refractivity contribution < 1.29 is 18.3 Å². The number of Topliss-reactive ketones (excluding diaryl/α,β-unsaturated/α-hetero) is 1. The lowest BCUT2D eigenvalue weighted by Gasteiger charge is -2.05. The number of ketones is 1. The summed E-state index contributed by atoms with van der Waals surface area (Å²) in [6, 6.07) is 5.98. The molecule has 0 fully saturated rings. The summed E-state index contributed by atoms with van der Waals surface area (Å²) >= 11 is 1.25. The summed E-state index contributed by atoms with van der Waals surface area (Å²) in [5.41, 5.74) is 1.14. The van der Waals surface area contributed by atoms with Gasteiger partial charge in [-0.05, 0) is 31.2 Å². The number of hydrogen-bond donors (Lipinski definition) is 0. The zero-order valence-corrected chi connectivity index (χ0v) is 14.8. The summed E-state index contributed by atoms with van der Waals surface area (Å²) in [4.78, 5) is 12.3. The molecule has 0 atom stereocenters. The van der Waals surface area contributed by atoms with Gasteiger partial charge in [-0.2, -0.15) is 0 Å². The van der Waals surface area contributed by atoms with E-state index in [4.69, 9.17) is 9.15 Å². The standard InChI is InChI=1S/C17H16FN3O3S/c1-10-12(6-7-24-10)16-19-20-17(21(16)2)25-9-14(22)11-4-5-15(23-3)13(18)8-11/h4-8H,9H2,1-3H3. The smallest absolute Gasteiger partial charge is 0.191 e. The van der Waals surface area contributed by atoms with Gasteiger partial charge >= 0.3 is 0 Å². The molecular formula is C17H16FN3O3S. The van der Waals surface area contributed by atoms with Crippen LogP contribution in [-0.2, 0) is 7.05 Å². The fraction of sp³-hybridized carbons (Fsp3) is 0.235. The Hall–Kier alpha value is -2.61. The van der Waals surface area contributed by atoms with Gasteiger partial charge in [-0.25, -0.2) is 4.39 Å². The van der Waals surface area contributed by atoms with Crippen molar-refractivity contribution >= 4 is 17.5 Å². The molecule has 0 bridgehead atoms. The largest absolute Gasteiger partial charge is 0.494 e. The van der Waals surface area contributed by atoms with Crippen molar-refractivity contribution in [2.75, 3.05) is 12.9 Å². The van der Waals surface area contributed by atoms with E-state index in [0.29, 0.717) is 16.5 Å². The average Bonchev–Trinajstić information content (AvgIpc) is 3.18. The molecular weight excluding hydrogens is 345 g/mol. The first-order valence-electron chi connectivity index (χ1n) is 7.44. The van der Waals surface area contributed by atoms with Crippen molar-refractivity contribution in [1.82, 2.24) is 14.8 Å². The van der Waals surface area contributed by atoms with E-state index < -0.39 is 5.82 Å². The molecule has 0 unspecified atom stereocenters. The van der Waals surface area contributed by atoms with Crippen LogP contribution in [0.2, 0.25) is 0 Å². The summed E-state index contributed by atoms with van der Waals surface area (Å²) in [6.45, 7) is 1.85. The number of halogens is 1. The lowest BCUT2D eigenvalue weighted by atomic mass is 10.1. The number of nitrogens with zero attached hydrogens (tertiary/aromatic N) is 3. The molecule has 0 aliphatic carbocycles. The minimum absolute atomic E-state index is 0.109. The van der Waals surface area contributed by atoms with Gasteiger partial charge in [0.25, 0.3) is 0 Å². The number of aryl methyl sites for hydroxylation is 1. The van der Waals surface area contributed by atoms with Gasteiger partial charge in [0.05, 0.1) is 24.7 Å². The molecule has 0 N–H and O–H groups in total. The monoisotopic (exact) mass is 361 g/mol. The van der Waals surface area contributed by atoms with Crippen molar-refractivity contribution in [3.05, 3.63) is 47.7 Å². The number of furan rings is 1. The van der Waals surface area contributed by atoms with Gasteiger partial charge in [-0.3, -0.25) is 4.79 Å². The Morgan fingerprint density at radius 1 is 1.36 bits per heavy atom. The lowest BCUT2D eigenvalue weighted by Crippen LogP contribution is -2.05. The first-order chi connectivity index (χ1) is 12.0. The summed E-state index contributed by atoms with van der Waals surface area (Å²) in [7, 11) is 3.20. The Morgan fingerprint density at radius 2 is 2.16 bits per heavy atom. The number of aromatic nitrogens is 3. The van der Waals surface area contributed by atoms with Crippen LogP contribution < -0.4 is 4.74 Å². The Labute approximate surface area is 148 Å². The summed E-state index contributed by atoms with van der Waals surface area (Å²) in [6.07, 6.45) is 1.59. The molecule has 0 saturated heterocycles. The third-order valence-electron chi connectivity index (χ3n) is 3.74. The highest BCUT2D eigenvalue weighted by molar-refractivity contribution is 7.99. The van der Waals surface area contributed by atoms with Crippen molar-refractivity contribution in [3.63, 3.8) is 0 Å². The highest BCUT2D eigenvalue weighted by atomic mass is 32.2. The minimum atomic E-state index is -0.560. The molecule has 3 rings (SSSR count). The number of carbonyl (C=O) groups is 1. The van der Waals surface area contributed by atoms with Gasteiger partial charge in [0, 0.05) is 12.6 Å². The van der Waals surface area contributed by atoms with Gasteiger partial charge in [-0.1, -0.05) is 11.8 Å². The van der Waals surface area contributed by atoms with Crippen LogP contribution in [0.1, 0.15) is 16.1 Å². The number of benzene rings is 1. The van der Waals surface area contributed by atoms with Crippen LogP contribution in [0, 0.1) is 12.7 Å². The van der Waals surface area contributed by atoms with E-state index in [-0.39, 0.29) is 17.3 Å². The Bertz CT molecular complexity index is 920. The van der Waals surface area contributed by atoms with E-state index in [1.807, 2.05) is 20.0 Å². The molecule has 0 aliphatic heterocycles. The number of ether oxygens (including phenoxy) is 1. The summed E-state index contributed by atoms with van der Waals surface area (Å²) in [5.74, 6) is 0.888. The summed E-state index contributed by atoms with van der Waals surface area (Å²) < 4.78 is 25.6. The Kier molecular flexibility index (Phi) is 4.89. The van der Waals surface area contributed by atoms with E-state index in [9.17, 15) is 9.18 Å². The number of hydrogen-bond acceptors (Lipinski definition) is 6. The van der Waals surface area contributed by atoms with Crippen LogP contribution in [0.5, 0.6) is 5.75 Å². The molecule has 0 saturated carbocycles. The SMILES string of the molecule is COc1ccc(C(=O)CSc2nnc(-c3ccoc3C)n2C)cc1F. The highest BCUT2D eigenvalue weighted by Gasteiger charge is 2.17. The third kappa shape index (κ3) is 3.43. The van der Waals surface area contributed by atoms with Crippen LogP contribution in [0.15, 0.2) is 40.1 Å². The quantitative estimate of drug-likeness (QED) is 0.494. The van der Waals surface area contributed by atoms with Crippen LogP contribution in [0.3, 0.4) is 0 Å². The van der Waals surface area contributed by atoms with Crippen molar-refractivity contribution in [1.29, 1.82) is 0 Å². The van der Waals surface area contributed by atoms with Gasteiger partial charge < -0.3 is 13.7 Å². The molecule has 0 spiro atoms. The van der Waals surface area contributed by atoms with Crippen LogP contribution in [0.4, 0.5) is 4.39 Å². The number of methoxy groups -OCH3 is 1. The minimum Gasteiger partial charge on any atom is -0.494 e. The molecule has 130 valence electrons. The van der Waals surface area contributed by atoms with Crippen molar-refractivity contribution in [2.24, 2.45) is 7.05 Å². The fourth-order valence-corrected chi connectivity index (χ4v) is 3.15. The first-order valence-corrected chi connectivity index (χ1v) is 8.43. The Balaban J connectivity index is 1.72. The number of thioether (sulfide) groups is 1. The Morgan fingerprint density at radius 3 is 2.80 bits per heavy atom. The molecule has 2 aromatic heterocycles. The molecule has 25 heavy (non-hydrogen) atoms. The normalized spacial score (nSPS) is 10.9. The van der Waals surface area contributed by atoms with Gasteiger partial charge in [0.15, 0.2) is 28.3 Å². The van der Waals surface area contributed by atoms with E-state index in [2.05, 4.69) is 10.2 Å². The van der Waals surface area contributed by atoms with Crippen LogP contribution in [0.25, 0.3) is 11.4 Å². The van der Waals surface area contributed by atoms with E-state index in [1.165, 1.54) is 31.0 Å². The average molecular weight is 361 g/mol. The molecule has 1 aromatic carbocycles. The molecule has 3 aromatic rings. The predicted octanol–water partition coefficient (Wildman–Crippen LogP) is 3.51. The predicted molar refractivity (Wildman–Crippen MR) is 91.4 cm³/mol. The van der Waals surface area contributed by atoms with E-state index >= 15 is 0 Å². The molecule has 0 amide bonds. The maximum Gasteiger partial charge on any atom is 0.191 e. The molecule has 8 heteroatoms. The van der Waals surface area contributed by atoms with Gasteiger partial charge in [0.2, 0.25) is 0 Å². The number of rotatable bonds is 6. The van der Waals surface area contributed by atoms with E-state index in [0.717, 1.165) is 11.3 Å². The topological polar surface area (TPSA) is 70.2 Å². The third-order valence-corrected chi connectivity index (χ3v) is 4.76. The highest BCUT2D eigenvalue weighted by Crippen LogP contribution is 2.26. The molecule has 0 radical (unpaired) electrons. The van der Waals surface area contributed by atoms with E-state index in [1.54, 1.807) is 16.9 Å². The van der Waals surface area contributed by atoms with Crippen molar-refractivity contribution in [3.8, 4) is 17.1 Å². The van der Waals surface area contributed by atoms with Crippen LogP contribution >= 0.6 is 11.8 Å². The molecule has 6 nitrogen and oxygen atoms in total. The van der Waals surface area contributed by atoms with Crippen molar-refractivity contribution in [2.45, 2.75) is 12.1 Å². The molecule has 2 heterocycles. The van der Waals surface area contributed by atoms with Crippen LogP contribution in [-0.4, -0.2) is 33.4 Å². The lowest BCUT2D eigenvalue weighted by molar-refractivity contribution is 0.102. The fourth-order valence-electron chi connectivity index (χ4n) is 2.35. The second kappa shape index (κ2) is 7.10. The second-order valence-electron chi connectivity index (χ2n) is 5.32. The maximum absolute atomic E-state index is 13.7. The summed E-state index contributed by atoms with van der Waals surface area (Å²) in [5, 5.41) is 8.86. The zero-order valence-electron chi connectivity index (χ0n) is 13.9. The van der Waals surface area contributed by atoms with Gasteiger partial charge in [0.1, 0.15) is 5.76 Å². The first kappa shape index (κ1) is 17.2. The van der Waals surface area contributed by atoms with Gasteiger partial charge in [-0.15, -0.1) is 10.2 Å². The second-order valence-corrected chi connectivity index (χ2v) is 6.26. The molecule has 0 aliphatic rings. The zero-order chi connectivity index (χ0) is 18.0. The maximum atomic E-state index is 13.7. The number of carbonyl (C=O) groups excluding carboxylic acids is 1.